The van der Waals surface area contributed by atoms with Gasteiger partial charge in [-0.1, -0.05) is 53.9 Å². The maximum absolute atomic E-state index is 13.1. The second-order valence-electron chi connectivity index (χ2n) is 6.21. The van der Waals surface area contributed by atoms with Gasteiger partial charge in [-0.15, -0.1) is 0 Å². The number of amides is 1. The normalized spacial score (nSPS) is 13.0. The molecule has 0 bridgehead atoms. The molecular weight excluding hydrogens is 368 g/mol. The fraction of sp³-hybridized carbons (Fsp3) is 0.316. The third-order valence-corrected chi connectivity index (χ3v) is 5.55. The minimum Gasteiger partial charge on any atom is -0.289 e. The van der Waals surface area contributed by atoms with Crippen molar-refractivity contribution in [3.8, 4) is 11.1 Å². The van der Waals surface area contributed by atoms with Gasteiger partial charge >= 0.3 is 0 Å². The highest BCUT2D eigenvalue weighted by molar-refractivity contribution is 7.89. The van der Waals surface area contributed by atoms with Gasteiger partial charge in [0.05, 0.1) is 11.0 Å². The first-order valence-corrected chi connectivity index (χ1v) is 10.1. The van der Waals surface area contributed by atoms with Crippen LogP contribution in [0.2, 0.25) is 0 Å². The number of benzene rings is 2. The van der Waals surface area contributed by atoms with Crippen molar-refractivity contribution in [2.75, 3.05) is 0 Å². The topological polar surface area (TPSA) is 95.9 Å². The van der Waals surface area contributed by atoms with E-state index >= 15 is 0 Å². The Bertz CT molecular complexity index is 851. The average Bonchev–Trinajstić information content (AvgIpc) is 2.68. The van der Waals surface area contributed by atoms with Gasteiger partial charge in [-0.25, -0.2) is 13.9 Å². The number of nitrogens with one attached hydrogen (secondary N) is 1. The number of rotatable bonds is 8. The highest BCUT2D eigenvalue weighted by Gasteiger charge is 2.37. The SMILES string of the molecule is CCC(C(=O)NO)N(OC(C)C)S(=O)(=O)c1ccc(-c2ccccc2)cc1. The van der Waals surface area contributed by atoms with Gasteiger partial charge in [0.15, 0.2) is 0 Å². The standard InChI is InChI=1S/C19H24N2O5S/c1-4-18(19(22)20-23)21(26-14(2)3)27(24,25)17-12-10-16(11-13-17)15-8-6-5-7-9-15/h5-14,18,23H,4H2,1-3H3,(H,20,22). The molecule has 2 rings (SSSR count). The quantitative estimate of drug-likeness (QED) is 0.532. The molecule has 0 aromatic heterocycles. The van der Waals surface area contributed by atoms with Crippen LogP contribution >= 0.6 is 0 Å². The summed E-state index contributed by atoms with van der Waals surface area (Å²) in [5.74, 6) is -0.859. The predicted octanol–water partition coefficient (Wildman–Crippen LogP) is 2.97. The third kappa shape index (κ3) is 4.92. The van der Waals surface area contributed by atoms with Crippen LogP contribution < -0.4 is 5.48 Å². The summed E-state index contributed by atoms with van der Waals surface area (Å²) in [6.07, 6.45) is -0.357. The van der Waals surface area contributed by atoms with Crippen LogP contribution in [-0.4, -0.2) is 36.1 Å². The second-order valence-corrected chi connectivity index (χ2v) is 7.99. The number of hydrogen-bond acceptors (Lipinski definition) is 5. The van der Waals surface area contributed by atoms with Gasteiger partial charge in [0, 0.05) is 0 Å². The van der Waals surface area contributed by atoms with Crippen molar-refractivity contribution in [2.45, 2.75) is 44.2 Å². The lowest BCUT2D eigenvalue weighted by Gasteiger charge is -2.29. The fourth-order valence-corrected chi connectivity index (χ4v) is 4.12. The van der Waals surface area contributed by atoms with Gasteiger partial charge in [-0.2, -0.15) is 0 Å². The van der Waals surface area contributed by atoms with E-state index in [1.54, 1.807) is 32.9 Å². The van der Waals surface area contributed by atoms with Crippen LogP contribution in [0.1, 0.15) is 27.2 Å². The third-order valence-electron chi connectivity index (χ3n) is 3.86. The molecule has 2 aromatic rings. The molecule has 0 heterocycles. The highest BCUT2D eigenvalue weighted by Crippen LogP contribution is 2.25. The number of sulfonamides is 1. The van der Waals surface area contributed by atoms with Crippen LogP contribution in [0.3, 0.4) is 0 Å². The van der Waals surface area contributed by atoms with E-state index in [9.17, 15) is 13.2 Å². The molecule has 1 unspecified atom stereocenters. The lowest BCUT2D eigenvalue weighted by molar-refractivity contribution is -0.166. The van der Waals surface area contributed by atoms with E-state index in [4.69, 9.17) is 10.0 Å². The van der Waals surface area contributed by atoms with E-state index in [1.807, 2.05) is 30.3 Å². The summed E-state index contributed by atoms with van der Waals surface area (Å²) >= 11 is 0. The van der Waals surface area contributed by atoms with Gasteiger partial charge in [-0.3, -0.25) is 14.8 Å². The zero-order chi connectivity index (χ0) is 20.0. The summed E-state index contributed by atoms with van der Waals surface area (Å²) in [5, 5.41) is 8.94. The lowest BCUT2D eigenvalue weighted by atomic mass is 10.1. The van der Waals surface area contributed by atoms with Crippen molar-refractivity contribution in [3.63, 3.8) is 0 Å². The Morgan fingerprint density at radius 3 is 2.11 bits per heavy atom. The van der Waals surface area contributed by atoms with Gasteiger partial charge in [-0.05, 0) is 43.5 Å². The molecule has 0 spiro atoms. The summed E-state index contributed by atoms with van der Waals surface area (Å²) in [7, 11) is -4.12. The molecule has 2 aromatic carbocycles. The van der Waals surface area contributed by atoms with E-state index in [-0.39, 0.29) is 11.3 Å². The van der Waals surface area contributed by atoms with Crippen molar-refractivity contribution in [1.29, 1.82) is 0 Å². The van der Waals surface area contributed by atoms with Crippen LogP contribution in [-0.2, 0) is 19.7 Å². The number of carbonyl (C=O) groups excluding carboxylic acids is 1. The molecule has 0 aliphatic rings. The van der Waals surface area contributed by atoms with Crippen molar-refractivity contribution in [2.24, 2.45) is 0 Å². The minimum absolute atomic E-state index is 0.00739. The Morgan fingerprint density at radius 2 is 1.63 bits per heavy atom. The molecule has 0 saturated heterocycles. The molecule has 0 radical (unpaired) electrons. The maximum Gasteiger partial charge on any atom is 0.265 e. The summed E-state index contributed by atoms with van der Waals surface area (Å²) in [6, 6.07) is 14.7. The van der Waals surface area contributed by atoms with Gasteiger partial charge in [0.25, 0.3) is 15.9 Å². The summed E-state index contributed by atoms with van der Waals surface area (Å²) in [6.45, 7) is 4.94. The lowest BCUT2D eigenvalue weighted by Crippen LogP contribution is -2.49. The minimum atomic E-state index is -4.12. The first-order valence-electron chi connectivity index (χ1n) is 8.62. The Labute approximate surface area is 159 Å². The Hall–Kier alpha value is -2.26. The molecule has 146 valence electrons. The number of hydroxylamine groups is 2. The number of hydrogen-bond donors (Lipinski definition) is 2. The molecule has 0 aliphatic carbocycles. The molecule has 8 heteroatoms. The Kier molecular flexibility index (Phi) is 7.09. The van der Waals surface area contributed by atoms with Crippen molar-refractivity contribution in [3.05, 3.63) is 54.6 Å². The van der Waals surface area contributed by atoms with Gasteiger partial charge in [0.2, 0.25) is 0 Å². The van der Waals surface area contributed by atoms with E-state index in [0.29, 0.717) is 4.47 Å². The molecule has 0 fully saturated rings. The fourth-order valence-electron chi connectivity index (χ4n) is 2.56. The van der Waals surface area contributed by atoms with Crippen molar-refractivity contribution < 1.29 is 23.3 Å². The van der Waals surface area contributed by atoms with Crippen LogP contribution in [0, 0.1) is 0 Å². The van der Waals surface area contributed by atoms with E-state index in [1.165, 1.54) is 17.6 Å². The van der Waals surface area contributed by atoms with Gasteiger partial charge < -0.3 is 0 Å². The summed E-state index contributed by atoms with van der Waals surface area (Å²) < 4.78 is 26.8. The first kappa shape index (κ1) is 21.0. The molecule has 0 aliphatic heterocycles. The molecule has 7 nitrogen and oxygen atoms in total. The zero-order valence-corrected chi connectivity index (χ0v) is 16.3. The first-order chi connectivity index (χ1) is 12.8. The summed E-state index contributed by atoms with van der Waals surface area (Å²) in [4.78, 5) is 17.4. The van der Waals surface area contributed by atoms with E-state index < -0.39 is 28.1 Å². The smallest absolute Gasteiger partial charge is 0.265 e. The monoisotopic (exact) mass is 392 g/mol. The molecule has 1 atom stereocenters. The van der Waals surface area contributed by atoms with E-state index in [2.05, 4.69) is 0 Å². The Morgan fingerprint density at radius 1 is 1.07 bits per heavy atom. The Balaban J connectivity index is 2.41. The largest absolute Gasteiger partial charge is 0.289 e. The molecule has 1 amide bonds. The zero-order valence-electron chi connectivity index (χ0n) is 15.5. The highest BCUT2D eigenvalue weighted by atomic mass is 32.2. The maximum atomic E-state index is 13.1. The van der Waals surface area contributed by atoms with Crippen molar-refractivity contribution >= 4 is 15.9 Å². The summed E-state index contributed by atoms with van der Waals surface area (Å²) in [5.41, 5.74) is 3.33. The van der Waals surface area contributed by atoms with Crippen LogP contribution in [0.15, 0.2) is 59.5 Å². The van der Waals surface area contributed by atoms with Crippen LogP contribution in [0.5, 0.6) is 0 Å². The molecule has 0 saturated carbocycles. The van der Waals surface area contributed by atoms with Crippen molar-refractivity contribution in [1.82, 2.24) is 9.95 Å². The average molecular weight is 392 g/mol. The number of nitrogens with zero attached hydrogens (tertiary/aromatic N) is 1. The second kappa shape index (κ2) is 9.09. The molecular formula is C19H24N2O5S. The molecule has 27 heavy (non-hydrogen) atoms. The van der Waals surface area contributed by atoms with Crippen LogP contribution in [0.25, 0.3) is 11.1 Å². The van der Waals surface area contributed by atoms with Crippen LogP contribution in [0.4, 0.5) is 0 Å². The predicted molar refractivity (Wildman–Crippen MR) is 101 cm³/mol. The van der Waals surface area contributed by atoms with E-state index in [0.717, 1.165) is 11.1 Å². The molecule has 2 N–H and O–H groups in total. The number of carbonyl (C=O) groups is 1. The van der Waals surface area contributed by atoms with Gasteiger partial charge in [0.1, 0.15) is 6.04 Å².